The topological polar surface area (TPSA) is 50.2 Å². The number of benzene rings is 1. The van der Waals surface area contributed by atoms with Gasteiger partial charge in [0.25, 0.3) is 5.91 Å². The van der Waals surface area contributed by atoms with Gasteiger partial charge in [-0.3, -0.25) is 4.79 Å². The summed E-state index contributed by atoms with van der Waals surface area (Å²) in [6.07, 6.45) is -3.26. The summed E-state index contributed by atoms with van der Waals surface area (Å²) < 4.78 is 39.1. The third-order valence-electron chi connectivity index (χ3n) is 4.00. The lowest BCUT2D eigenvalue weighted by Gasteiger charge is -2.34. The number of piperazine rings is 1. The Hall–Kier alpha value is -2.06. The van der Waals surface area contributed by atoms with Crippen LogP contribution in [0.1, 0.15) is 23.0 Å². The molecule has 1 atom stereocenters. The van der Waals surface area contributed by atoms with E-state index < -0.39 is 11.9 Å². The zero-order valence-electron chi connectivity index (χ0n) is 13.5. The second kappa shape index (κ2) is 7.45. The van der Waals surface area contributed by atoms with Gasteiger partial charge in [-0.15, -0.1) is 12.4 Å². The summed E-state index contributed by atoms with van der Waals surface area (Å²) in [5.74, 6) is -0.131. The van der Waals surface area contributed by atoms with Crippen molar-refractivity contribution in [2.24, 2.45) is 0 Å². The molecule has 1 fully saturated rings. The van der Waals surface area contributed by atoms with Gasteiger partial charge in [-0.1, -0.05) is 6.07 Å². The number of nitrogens with one attached hydrogen (secondary N) is 1. The number of halogens is 4. The van der Waals surface area contributed by atoms with Gasteiger partial charge >= 0.3 is 6.18 Å². The minimum absolute atomic E-state index is 0. The van der Waals surface area contributed by atoms with Gasteiger partial charge in [-0.25, -0.2) is 4.68 Å². The third kappa shape index (κ3) is 4.13. The lowest BCUT2D eigenvalue weighted by molar-refractivity contribution is -0.141. The molecule has 0 aliphatic carbocycles. The summed E-state index contributed by atoms with van der Waals surface area (Å²) in [7, 11) is 0. The van der Waals surface area contributed by atoms with Crippen molar-refractivity contribution in [3.05, 3.63) is 47.8 Å². The molecule has 25 heavy (non-hydrogen) atoms. The van der Waals surface area contributed by atoms with Gasteiger partial charge in [-0.05, 0) is 31.2 Å². The third-order valence-corrected chi connectivity index (χ3v) is 4.00. The highest BCUT2D eigenvalue weighted by Gasteiger charge is 2.33. The number of carbonyl (C=O) groups excluding carboxylic acids is 1. The molecule has 0 spiro atoms. The monoisotopic (exact) mass is 374 g/mol. The zero-order valence-corrected chi connectivity index (χ0v) is 14.3. The first-order chi connectivity index (χ1) is 11.4. The zero-order chi connectivity index (χ0) is 17.3. The minimum Gasteiger partial charge on any atom is -0.333 e. The second-order valence-corrected chi connectivity index (χ2v) is 5.75. The van der Waals surface area contributed by atoms with E-state index in [2.05, 4.69) is 10.4 Å². The molecule has 0 bridgehead atoms. The van der Waals surface area contributed by atoms with E-state index in [9.17, 15) is 18.0 Å². The Kier molecular flexibility index (Phi) is 5.74. The Balaban J connectivity index is 0.00000225. The van der Waals surface area contributed by atoms with E-state index in [1.807, 2.05) is 6.92 Å². The molecule has 1 saturated heterocycles. The number of amides is 1. The van der Waals surface area contributed by atoms with Gasteiger partial charge in [-0.2, -0.15) is 18.3 Å². The van der Waals surface area contributed by atoms with Crippen LogP contribution in [-0.4, -0.2) is 46.3 Å². The predicted octanol–water partition coefficient (Wildman–Crippen LogP) is 2.75. The van der Waals surface area contributed by atoms with Crippen molar-refractivity contribution in [3.8, 4) is 5.69 Å². The normalized spacial score (nSPS) is 17.9. The van der Waals surface area contributed by atoms with E-state index in [1.165, 1.54) is 6.20 Å². The number of hydrogen-bond donors (Lipinski definition) is 1. The number of rotatable bonds is 2. The lowest BCUT2D eigenvalue weighted by Crippen LogP contribution is -2.52. The van der Waals surface area contributed by atoms with Gasteiger partial charge < -0.3 is 10.2 Å². The fourth-order valence-electron chi connectivity index (χ4n) is 2.71. The van der Waals surface area contributed by atoms with Crippen LogP contribution in [0.3, 0.4) is 0 Å². The smallest absolute Gasteiger partial charge is 0.333 e. The van der Waals surface area contributed by atoms with Crippen molar-refractivity contribution >= 4 is 18.3 Å². The summed E-state index contributed by atoms with van der Waals surface area (Å²) >= 11 is 0. The molecule has 2 aromatic rings. The Bertz CT molecular complexity index is 747. The fraction of sp³-hybridized carbons (Fsp3) is 0.375. The van der Waals surface area contributed by atoms with Gasteiger partial charge in [0.2, 0.25) is 0 Å². The van der Waals surface area contributed by atoms with Crippen LogP contribution >= 0.6 is 12.4 Å². The molecule has 1 N–H and O–H groups in total. The van der Waals surface area contributed by atoms with E-state index in [4.69, 9.17) is 0 Å². The number of alkyl halides is 3. The average Bonchev–Trinajstić information content (AvgIpc) is 3.05. The molecule has 3 rings (SSSR count). The van der Waals surface area contributed by atoms with Crippen LogP contribution in [0, 0.1) is 0 Å². The van der Waals surface area contributed by atoms with E-state index in [1.54, 1.807) is 29.2 Å². The summed E-state index contributed by atoms with van der Waals surface area (Å²) in [6, 6.07) is 7.46. The highest BCUT2D eigenvalue weighted by atomic mass is 35.5. The highest BCUT2D eigenvalue weighted by molar-refractivity contribution is 5.95. The Morgan fingerprint density at radius 3 is 2.72 bits per heavy atom. The Morgan fingerprint density at radius 1 is 1.32 bits per heavy atom. The molecule has 1 amide bonds. The number of nitrogens with zero attached hydrogens (tertiary/aromatic N) is 3. The molecule has 2 heterocycles. The van der Waals surface area contributed by atoms with Crippen LogP contribution < -0.4 is 5.32 Å². The first kappa shape index (κ1) is 19.3. The molecule has 5 nitrogen and oxygen atoms in total. The van der Waals surface area contributed by atoms with Crippen molar-refractivity contribution in [1.82, 2.24) is 20.0 Å². The Labute approximate surface area is 149 Å². The molecular weight excluding hydrogens is 357 g/mol. The first-order valence-electron chi connectivity index (χ1n) is 7.61. The lowest BCUT2D eigenvalue weighted by atomic mass is 10.1. The molecular formula is C16H18ClF3N4O. The Morgan fingerprint density at radius 2 is 2.08 bits per heavy atom. The summed E-state index contributed by atoms with van der Waals surface area (Å²) in [4.78, 5) is 14.4. The average molecular weight is 375 g/mol. The molecule has 1 aliphatic rings. The molecule has 136 valence electrons. The van der Waals surface area contributed by atoms with Crippen molar-refractivity contribution < 1.29 is 18.0 Å². The molecule has 0 radical (unpaired) electrons. The summed E-state index contributed by atoms with van der Waals surface area (Å²) in [5.41, 5.74) is -0.112. The van der Waals surface area contributed by atoms with Crippen molar-refractivity contribution in [1.29, 1.82) is 0 Å². The second-order valence-electron chi connectivity index (χ2n) is 5.75. The SMILES string of the molecule is CC1CNCCN1C(=O)c1cccc(-n2ccc(C(F)(F)F)n2)c1.Cl. The molecule has 1 unspecified atom stereocenters. The quantitative estimate of drug-likeness (QED) is 0.879. The van der Waals surface area contributed by atoms with Crippen molar-refractivity contribution in [2.75, 3.05) is 19.6 Å². The van der Waals surface area contributed by atoms with Gasteiger partial charge in [0.05, 0.1) is 5.69 Å². The molecule has 0 saturated carbocycles. The van der Waals surface area contributed by atoms with Gasteiger partial charge in [0.15, 0.2) is 5.69 Å². The minimum atomic E-state index is -4.49. The van der Waals surface area contributed by atoms with E-state index in [0.717, 1.165) is 23.8 Å². The molecule has 1 aromatic heterocycles. The van der Waals surface area contributed by atoms with Gasteiger partial charge in [0.1, 0.15) is 0 Å². The largest absolute Gasteiger partial charge is 0.435 e. The fourth-order valence-corrected chi connectivity index (χ4v) is 2.71. The number of hydrogen-bond acceptors (Lipinski definition) is 3. The number of aromatic nitrogens is 2. The highest BCUT2D eigenvalue weighted by Crippen LogP contribution is 2.28. The van der Waals surface area contributed by atoms with Gasteiger partial charge in [0, 0.05) is 37.4 Å². The van der Waals surface area contributed by atoms with Crippen molar-refractivity contribution in [3.63, 3.8) is 0 Å². The predicted molar refractivity (Wildman–Crippen MR) is 89.2 cm³/mol. The standard InChI is InChI=1S/C16H17F3N4O.ClH/c1-11-10-20-6-8-22(11)15(24)12-3-2-4-13(9-12)23-7-5-14(21-23)16(17,18)19;/h2-5,7,9,11,20H,6,8,10H2,1H3;1H. The maximum absolute atomic E-state index is 12.7. The van der Waals surface area contributed by atoms with Crippen LogP contribution in [0.4, 0.5) is 13.2 Å². The van der Waals surface area contributed by atoms with E-state index in [-0.39, 0.29) is 24.4 Å². The summed E-state index contributed by atoms with van der Waals surface area (Å²) in [5, 5.41) is 6.75. The maximum atomic E-state index is 12.7. The van der Waals surface area contributed by atoms with Crippen LogP contribution in [0.25, 0.3) is 5.69 Å². The molecule has 1 aromatic carbocycles. The van der Waals surface area contributed by atoms with Crippen molar-refractivity contribution in [2.45, 2.75) is 19.1 Å². The molecule has 9 heteroatoms. The van der Waals surface area contributed by atoms with Crippen LogP contribution in [-0.2, 0) is 6.18 Å². The molecule has 1 aliphatic heterocycles. The van der Waals surface area contributed by atoms with Crippen LogP contribution in [0.2, 0.25) is 0 Å². The number of carbonyl (C=O) groups is 1. The van der Waals surface area contributed by atoms with E-state index in [0.29, 0.717) is 17.8 Å². The van der Waals surface area contributed by atoms with Crippen LogP contribution in [0.5, 0.6) is 0 Å². The van der Waals surface area contributed by atoms with Crippen LogP contribution in [0.15, 0.2) is 36.5 Å². The summed E-state index contributed by atoms with van der Waals surface area (Å²) in [6.45, 7) is 4.00. The first-order valence-corrected chi connectivity index (χ1v) is 7.61. The maximum Gasteiger partial charge on any atom is 0.435 e. The van der Waals surface area contributed by atoms with E-state index >= 15 is 0 Å².